The molecule has 4 nitrogen and oxygen atoms in total. The van der Waals surface area contributed by atoms with E-state index in [1.54, 1.807) is 0 Å². The summed E-state index contributed by atoms with van der Waals surface area (Å²) in [6.07, 6.45) is -0.913. The van der Waals surface area contributed by atoms with Gasteiger partial charge in [-0.25, -0.2) is 0 Å². The molecule has 1 rings (SSSR count). The van der Waals surface area contributed by atoms with E-state index in [1.165, 1.54) is 0 Å². The number of β-lactam (4-membered cyclic amide) rings is 1. The number of amides is 1. The standard InChI is InChI=1S/C25H51NO3Si3/c1-18(20(27)16-17-30(9,10)11)22-21(19(2)29-32(14,15)25(6,7)8)23(28)26(22)31(12,13)24(3,4)5/h18-22,27H,1-15H3/t18-,19+,20?,21+,22+/m0/s1. The molecule has 1 heterocycles. The molecule has 5 atom stereocenters. The van der Waals surface area contributed by atoms with Crippen LogP contribution in [0.4, 0.5) is 0 Å². The minimum absolute atomic E-state index is 0.0318. The van der Waals surface area contributed by atoms with Crippen LogP contribution >= 0.6 is 0 Å². The third kappa shape index (κ3) is 6.18. The second kappa shape index (κ2) is 9.33. The Bertz CT molecular complexity index is 748. The van der Waals surface area contributed by atoms with Crippen LogP contribution in [0.15, 0.2) is 0 Å². The van der Waals surface area contributed by atoms with Crippen molar-refractivity contribution in [1.29, 1.82) is 0 Å². The minimum atomic E-state index is -2.11. The summed E-state index contributed by atoms with van der Waals surface area (Å²) in [5.41, 5.74) is 3.33. The molecule has 1 N–H and O–H groups in total. The van der Waals surface area contributed by atoms with E-state index >= 15 is 0 Å². The molecule has 0 spiro atoms. The fourth-order valence-corrected chi connectivity index (χ4v) is 8.48. The van der Waals surface area contributed by atoms with Crippen LogP contribution in [0.1, 0.15) is 55.4 Å². The second-order valence-electron chi connectivity index (χ2n) is 13.9. The van der Waals surface area contributed by atoms with E-state index in [0.717, 1.165) is 0 Å². The maximum absolute atomic E-state index is 13.7. The lowest BCUT2D eigenvalue weighted by atomic mass is 9.77. The van der Waals surface area contributed by atoms with Gasteiger partial charge in [-0.2, -0.15) is 0 Å². The number of rotatable bonds is 6. The summed E-state index contributed by atoms with van der Waals surface area (Å²) in [7, 11) is -5.73. The maximum atomic E-state index is 13.7. The largest absolute Gasteiger partial charge is 0.413 e. The van der Waals surface area contributed by atoms with Gasteiger partial charge in [0.1, 0.15) is 14.2 Å². The van der Waals surface area contributed by atoms with Gasteiger partial charge in [0.2, 0.25) is 5.91 Å². The van der Waals surface area contributed by atoms with Crippen molar-refractivity contribution in [1.82, 2.24) is 4.57 Å². The Morgan fingerprint density at radius 1 is 0.938 bits per heavy atom. The van der Waals surface area contributed by atoms with E-state index in [-0.39, 0.29) is 40.0 Å². The van der Waals surface area contributed by atoms with Crippen LogP contribution in [-0.2, 0) is 9.22 Å². The molecule has 32 heavy (non-hydrogen) atoms. The predicted molar refractivity (Wildman–Crippen MR) is 145 cm³/mol. The molecular formula is C25H51NO3Si3. The molecule has 0 aromatic carbocycles. The molecule has 1 aliphatic heterocycles. The van der Waals surface area contributed by atoms with E-state index < -0.39 is 30.7 Å². The molecule has 0 aromatic rings. The van der Waals surface area contributed by atoms with E-state index in [2.05, 4.69) is 117 Å². The molecule has 1 amide bonds. The van der Waals surface area contributed by atoms with Crippen molar-refractivity contribution in [3.8, 4) is 11.5 Å². The number of nitrogens with zero attached hydrogens (tertiary/aromatic N) is 1. The van der Waals surface area contributed by atoms with E-state index in [1.807, 2.05) is 0 Å². The lowest BCUT2D eigenvalue weighted by Gasteiger charge is -2.62. The van der Waals surface area contributed by atoms with Gasteiger partial charge in [-0.1, -0.05) is 87.1 Å². The van der Waals surface area contributed by atoms with Crippen LogP contribution in [0, 0.1) is 23.3 Å². The van der Waals surface area contributed by atoms with Crippen LogP contribution in [-0.4, -0.2) is 58.5 Å². The van der Waals surface area contributed by atoms with Gasteiger partial charge in [-0.15, -0.1) is 5.54 Å². The van der Waals surface area contributed by atoms with Crippen molar-refractivity contribution in [3.63, 3.8) is 0 Å². The molecule has 1 aliphatic rings. The second-order valence-corrected chi connectivity index (χ2v) is 28.5. The fourth-order valence-electron chi connectivity index (χ4n) is 3.91. The lowest BCUT2D eigenvalue weighted by Crippen LogP contribution is -2.77. The quantitative estimate of drug-likeness (QED) is 0.274. The molecule has 1 unspecified atom stereocenters. The Kier molecular flexibility index (Phi) is 8.64. The molecular weight excluding hydrogens is 447 g/mol. The molecule has 0 saturated carbocycles. The highest BCUT2D eigenvalue weighted by Gasteiger charge is 2.61. The average molecular weight is 498 g/mol. The first-order chi connectivity index (χ1) is 14.0. The molecule has 186 valence electrons. The topological polar surface area (TPSA) is 49.8 Å². The summed E-state index contributed by atoms with van der Waals surface area (Å²) in [5, 5.41) is 11.2. The third-order valence-electron chi connectivity index (χ3n) is 8.05. The SMILES string of the molecule is C[C@@H](O[Si](C)(C)C(C)(C)C)[C@H]1C(=O)N([Si](C)(C)C(C)(C)C)[C@@H]1[C@@H](C)C(O)C#C[Si](C)(C)C. The number of hydrogen-bond acceptors (Lipinski definition) is 3. The third-order valence-corrected chi connectivity index (χ3v) is 18.9. The first-order valence-electron chi connectivity index (χ1n) is 12.2. The van der Waals surface area contributed by atoms with Gasteiger partial charge < -0.3 is 14.1 Å². The van der Waals surface area contributed by atoms with Crippen molar-refractivity contribution in [3.05, 3.63) is 0 Å². The first-order valence-corrected chi connectivity index (χ1v) is 21.5. The average Bonchev–Trinajstić information content (AvgIpc) is 2.53. The predicted octanol–water partition coefficient (Wildman–Crippen LogP) is 6.11. The van der Waals surface area contributed by atoms with Gasteiger partial charge in [0.15, 0.2) is 16.6 Å². The van der Waals surface area contributed by atoms with Gasteiger partial charge in [-0.05, 0) is 30.1 Å². The zero-order valence-electron chi connectivity index (χ0n) is 23.6. The monoisotopic (exact) mass is 497 g/mol. The van der Waals surface area contributed by atoms with Crippen molar-refractivity contribution in [2.45, 2.75) is 130 Å². The molecule has 0 aromatic heterocycles. The molecule has 0 aliphatic carbocycles. The highest BCUT2D eigenvalue weighted by atomic mass is 28.4. The highest BCUT2D eigenvalue weighted by Crippen LogP contribution is 2.49. The molecule has 0 bridgehead atoms. The van der Waals surface area contributed by atoms with E-state index in [4.69, 9.17) is 4.43 Å². The van der Waals surface area contributed by atoms with Gasteiger partial charge in [0.05, 0.1) is 12.0 Å². The number of carbonyl (C=O) groups excluding carboxylic acids is 1. The van der Waals surface area contributed by atoms with Crippen molar-refractivity contribution < 1.29 is 14.3 Å². The smallest absolute Gasteiger partial charge is 0.222 e. The molecule has 7 heteroatoms. The van der Waals surface area contributed by atoms with Gasteiger partial charge in [0.25, 0.3) is 0 Å². The van der Waals surface area contributed by atoms with Crippen LogP contribution < -0.4 is 0 Å². The summed E-state index contributed by atoms with van der Waals surface area (Å²) in [6, 6.07) is -0.0471. The summed E-state index contributed by atoms with van der Waals surface area (Å²) in [4.78, 5) is 13.7. The number of aliphatic hydroxyl groups excluding tert-OH is 1. The lowest BCUT2D eigenvalue weighted by molar-refractivity contribution is -0.159. The fraction of sp³-hybridized carbons (Fsp3) is 0.880. The Hall–Kier alpha value is -0.399. The van der Waals surface area contributed by atoms with E-state index in [0.29, 0.717) is 0 Å². The Morgan fingerprint density at radius 2 is 1.41 bits per heavy atom. The normalized spacial score (nSPS) is 23.8. The van der Waals surface area contributed by atoms with Crippen LogP contribution in [0.2, 0.25) is 55.9 Å². The number of aliphatic hydroxyl groups is 1. The Balaban J connectivity index is 3.38. The number of carbonyl (C=O) groups is 1. The van der Waals surface area contributed by atoms with Crippen LogP contribution in [0.5, 0.6) is 0 Å². The molecule has 1 fully saturated rings. The summed E-state index contributed by atoms with van der Waals surface area (Å²) >= 11 is 0. The molecule has 0 radical (unpaired) electrons. The Morgan fingerprint density at radius 3 is 1.78 bits per heavy atom. The van der Waals surface area contributed by atoms with Gasteiger partial charge in [0, 0.05) is 12.0 Å². The Labute approximate surface area is 202 Å². The van der Waals surface area contributed by atoms with Crippen molar-refractivity contribution >= 4 is 30.5 Å². The summed E-state index contributed by atoms with van der Waals surface area (Å²) in [5.74, 6) is 2.99. The first kappa shape index (κ1) is 29.6. The van der Waals surface area contributed by atoms with Gasteiger partial charge >= 0.3 is 0 Å². The zero-order valence-corrected chi connectivity index (χ0v) is 26.6. The highest BCUT2D eigenvalue weighted by molar-refractivity contribution is 6.83. The van der Waals surface area contributed by atoms with Gasteiger partial charge in [-0.3, -0.25) is 4.79 Å². The maximum Gasteiger partial charge on any atom is 0.222 e. The van der Waals surface area contributed by atoms with Crippen LogP contribution in [0.3, 0.4) is 0 Å². The minimum Gasteiger partial charge on any atom is -0.413 e. The van der Waals surface area contributed by atoms with Crippen molar-refractivity contribution in [2.24, 2.45) is 11.8 Å². The molecule has 1 saturated heterocycles. The van der Waals surface area contributed by atoms with E-state index in [9.17, 15) is 9.90 Å². The van der Waals surface area contributed by atoms with Crippen LogP contribution in [0.25, 0.3) is 0 Å². The van der Waals surface area contributed by atoms with Crippen molar-refractivity contribution in [2.75, 3.05) is 0 Å². The number of hydrogen-bond donors (Lipinski definition) is 1. The zero-order chi connectivity index (χ0) is 25.7. The summed E-state index contributed by atoms with van der Waals surface area (Å²) < 4.78 is 8.85. The summed E-state index contributed by atoms with van der Waals surface area (Å²) in [6.45, 7) is 33.1.